The van der Waals surface area contributed by atoms with E-state index in [1.807, 2.05) is 18.2 Å². The Labute approximate surface area is 131 Å². The third-order valence-electron chi connectivity index (χ3n) is 3.28. The van der Waals surface area contributed by atoms with Crippen LogP contribution in [0.5, 0.6) is 0 Å². The van der Waals surface area contributed by atoms with Gasteiger partial charge in [-0.05, 0) is 38.5 Å². The zero-order chi connectivity index (χ0) is 15.7. The smallest absolute Gasteiger partial charge is 0.154 e. The van der Waals surface area contributed by atoms with Crippen molar-refractivity contribution in [1.29, 1.82) is 0 Å². The fraction of sp³-hybridized carbons (Fsp3) is 0.600. The minimum absolute atomic E-state index is 0.0544. The quantitative estimate of drug-likeness (QED) is 0.882. The summed E-state index contributed by atoms with van der Waals surface area (Å²) in [6.07, 6.45) is -0.767. The molecule has 1 aliphatic rings. The molecule has 1 aromatic rings. The van der Waals surface area contributed by atoms with Crippen molar-refractivity contribution in [3.63, 3.8) is 0 Å². The fourth-order valence-corrected chi connectivity index (χ4v) is 5.79. The summed E-state index contributed by atoms with van der Waals surface area (Å²) in [5.41, 5.74) is 1.21. The summed E-state index contributed by atoms with van der Waals surface area (Å²) < 4.78 is 23.1. The summed E-state index contributed by atoms with van der Waals surface area (Å²) in [5.74, 6) is -0.0563. The molecule has 1 aromatic carbocycles. The maximum atomic E-state index is 11.5. The molecule has 118 valence electrons. The molecule has 0 spiro atoms. The van der Waals surface area contributed by atoms with Crippen molar-refractivity contribution < 1.29 is 13.5 Å². The average Bonchev–Trinajstić information content (AvgIpc) is 2.59. The third kappa shape index (κ3) is 5.29. The highest BCUT2D eigenvalue weighted by atomic mass is 32.2. The first-order chi connectivity index (χ1) is 9.65. The largest absolute Gasteiger partial charge is 0.391 e. The van der Waals surface area contributed by atoms with Crippen LogP contribution < -0.4 is 5.32 Å². The monoisotopic (exact) mass is 329 g/mol. The van der Waals surface area contributed by atoms with Gasteiger partial charge in [-0.15, -0.1) is 11.8 Å². The molecule has 0 saturated carbocycles. The van der Waals surface area contributed by atoms with Crippen molar-refractivity contribution in [2.75, 3.05) is 11.5 Å². The minimum atomic E-state index is -3.09. The fourth-order valence-electron chi connectivity index (χ4n) is 2.18. The average molecular weight is 329 g/mol. The van der Waals surface area contributed by atoms with Crippen LogP contribution in [0.25, 0.3) is 0 Å². The Morgan fingerprint density at radius 2 is 2.05 bits per heavy atom. The Hall–Kier alpha value is -0.560. The number of hydrogen-bond donors (Lipinski definition) is 2. The molecule has 1 heterocycles. The summed E-state index contributed by atoms with van der Waals surface area (Å²) in [7, 11) is -3.09. The molecular weight excluding hydrogens is 306 g/mol. The highest BCUT2D eigenvalue weighted by Gasteiger charge is 2.36. The molecule has 2 unspecified atom stereocenters. The first-order valence-electron chi connectivity index (χ1n) is 7.04. The van der Waals surface area contributed by atoms with Crippen LogP contribution in [0.1, 0.15) is 26.3 Å². The van der Waals surface area contributed by atoms with Crippen LogP contribution in [-0.4, -0.2) is 41.9 Å². The summed E-state index contributed by atoms with van der Waals surface area (Å²) in [4.78, 5) is 1.00. The van der Waals surface area contributed by atoms with Gasteiger partial charge >= 0.3 is 0 Å². The van der Waals surface area contributed by atoms with Crippen LogP contribution in [0, 0.1) is 0 Å². The Morgan fingerprint density at radius 1 is 1.33 bits per heavy atom. The second-order valence-electron chi connectivity index (χ2n) is 6.55. The lowest BCUT2D eigenvalue weighted by atomic mass is 10.1. The molecule has 0 amide bonds. The van der Waals surface area contributed by atoms with Gasteiger partial charge in [0.1, 0.15) is 0 Å². The van der Waals surface area contributed by atoms with Crippen LogP contribution in [0.3, 0.4) is 0 Å². The second-order valence-corrected chi connectivity index (χ2v) is 10.0. The van der Waals surface area contributed by atoms with Crippen molar-refractivity contribution in [2.24, 2.45) is 0 Å². The lowest BCUT2D eigenvalue weighted by Gasteiger charge is -2.21. The molecule has 6 heteroatoms. The first kappa shape index (κ1) is 16.8. The number of hydrogen-bond acceptors (Lipinski definition) is 5. The topological polar surface area (TPSA) is 66.4 Å². The molecule has 0 radical (unpaired) electrons. The van der Waals surface area contributed by atoms with Gasteiger partial charge in [-0.25, -0.2) is 8.42 Å². The Morgan fingerprint density at radius 3 is 2.62 bits per heavy atom. The molecular formula is C15H23NO3S2. The number of rotatable bonds is 4. The predicted molar refractivity (Wildman–Crippen MR) is 87.3 cm³/mol. The maximum Gasteiger partial charge on any atom is 0.154 e. The zero-order valence-corrected chi connectivity index (χ0v) is 14.3. The van der Waals surface area contributed by atoms with E-state index < -0.39 is 15.9 Å². The molecule has 0 aliphatic carbocycles. The number of thioether (sulfide) groups is 1. The van der Waals surface area contributed by atoms with E-state index in [0.717, 1.165) is 17.0 Å². The zero-order valence-electron chi connectivity index (χ0n) is 12.7. The maximum absolute atomic E-state index is 11.5. The van der Waals surface area contributed by atoms with Gasteiger partial charge in [-0.1, -0.05) is 12.1 Å². The van der Waals surface area contributed by atoms with E-state index in [1.54, 1.807) is 0 Å². The number of aliphatic hydroxyl groups is 1. The van der Waals surface area contributed by atoms with Gasteiger partial charge in [0.15, 0.2) is 9.84 Å². The number of sulfone groups is 1. The predicted octanol–water partition coefficient (Wildman–Crippen LogP) is 1.82. The molecule has 1 fully saturated rings. The van der Waals surface area contributed by atoms with Crippen LogP contribution in [0.15, 0.2) is 29.2 Å². The van der Waals surface area contributed by atoms with Gasteiger partial charge in [0.25, 0.3) is 0 Å². The third-order valence-corrected chi connectivity index (χ3v) is 6.52. The Bertz CT molecular complexity index is 593. The van der Waals surface area contributed by atoms with E-state index >= 15 is 0 Å². The molecule has 0 aromatic heterocycles. The highest BCUT2D eigenvalue weighted by molar-refractivity contribution is 8.02. The van der Waals surface area contributed by atoms with Gasteiger partial charge in [0.2, 0.25) is 0 Å². The normalized spacial score (nSPS) is 25.1. The van der Waals surface area contributed by atoms with Gasteiger partial charge in [0, 0.05) is 17.0 Å². The second kappa shape index (κ2) is 6.28. The number of nitrogens with one attached hydrogen (secondary N) is 1. The van der Waals surface area contributed by atoms with Crippen LogP contribution in [0.2, 0.25) is 0 Å². The number of aliphatic hydroxyl groups excluding tert-OH is 1. The SMILES string of the molecule is CC(C)(C)NCc1cccc(SC2CS(=O)(=O)CC2O)c1. The highest BCUT2D eigenvalue weighted by Crippen LogP contribution is 2.31. The Balaban J connectivity index is 2.01. The molecule has 1 aliphatic heterocycles. The van der Waals surface area contributed by atoms with Crippen molar-refractivity contribution in [1.82, 2.24) is 5.32 Å². The van der Waals surface area contributed by atoms with Crippen LogP contribution in [-0.2, 0) is 16.4 Å². The van der Waals surface area contributed by atoms with Gasteiger partial charge in [-0.3, -0.25) is 0 Å². The summed E-state index contributed by atoms with van der Waals surface area (Å²) >= 11 is 1.45. The van der Waals surface area contributed by atoms with E-state index in [4.69, 9.17) is 0 Å². The van der Waals surface area contributed by atoms with Gasteiger partial charge in [0.05, 0.1) is 22.9 Å². The van der Waals surface area contributed by atoms with E-state index in [2.05, 4.69) is 32.2 Å². The molecule has 4 nitrogen and oxygen atoms in total. The number of benzene rings is 1. The first-order valence-corrected chi connectivity index (χ1v) is 9.74. The molecule has 21 heavy (non-hydrogen) atoms. The minimum Gasteiger partial charge on any atom is -0.391 e. The lowest BCUT2D eigenvalue weighted by Crippen LogP contribution is -2.35. The summed E-state index contributed by atoms with van der Waals surface area (Å²) in [6.45, 7) is 7.12. The standard InChI is InChI=1S/C15H23NO3S2/c1-15(2,3)16-8-11-5-4-6-12(7-11)20-14-10-21(18,19)9-13(14)17/h4-7,13-14,16-17H,8-10H2,1-3H3. The van der Waals surface area contributed by atoms with Crippen molar-refractivity contribution in [3.05, 3.63) is 29.8 Å². The van der Waals surface area contributed by atoms with Crippen molar-refractivity contribution in [2.45, 2.75) is 49.1 Å². The van der Waals surface area contributed by atoms with E-state index in [1.165, 1.54) is 11.8 Å². The van der Waals surface area contributed by atoms with Gasteiger partial charge in [-0.2, -0.15) is 0 Å². The molecule has 1 saturated heterocycles. The van der Waals surface area contributed by atoms with E-state index in [0.29, 0.717) is 0 Å². The molecule has 2 rings (SSSR count). The lowest BCUT2D eigenvalue weighted by molar-refractivity contribution is 0.207. The summed E-state index contributed by atoms with van der Waals surface area (Å²) in [5, 5.41) is 13.0. The Kier molecular flexibility index (Phi) is 5.03. The molecule has 2 N–H and O–H groups in total. The molecule has 2 atom stereocenters. The van der Waals surface area contributed by atoms with E-state index in [9.17, 15) is 13.5 Å². The summed E-state index contributed by atoms with van der Waals surface area (Å²) in [6, 6.07) is 8.03. The van der Waals surface area contributed by atoms with Gasteiger partial charge < -0.3 is 10.4 Å². The molecule has 0 bridgehead atoms. The van der Waals surface area contributed by atoms with Crippen molar-refractivity contribution in [3.8, 4) is 0 Å². The van der Waals surface area contributed by atoms with Crippen LogP contribution >= 0.6 is 11.8 Å². The van der Waals surface area contributed by atoms with Crippen molar-refractivity contribution >= 4 is 21.6 Å². The van der Waals surface area contributed by atoms with Crippen LogP contribution in [0.4, 0.5) is 0 Å². The van der Waals surface area contributed by atoms with E-state index in [-0.39, 0.29) is 22.3 Å².